The summed E-state index contributed by atoms with van der Waals surface area (Å²) in [4.78, 5) is 9.00. The minimum atomic E-state index is -0.0163. The van der Waals surface area contributed by atoms with Gasteiger partial charge in [0.1, 0.15) is 11.6 Å². The first-order chi connectivity index (χ1) is 8.86. The quantitative estimate of drug-likeness (QED) is 0.896. The lowest BCUT2D eigenvalue weighted by atomic mass is 9.92. The Hall–Kier alpha value is -1.90. The molecule has 19 heavy (non-hydrogen) atoms. The Labute approximate surface area is 114 Å². The third-order valence-electron chi connectivity index (χ3n) is 3.17. The lowest BCUT2D eigenvalue weighted by Crippen LogP contribution is -2.16. The Morgan fingerprint density at radius 3 is 2.42 bits per heavy atom. The highest BCUT2D eigenvalue weighted by molar-refractivity contribution is 5.35. The van der Waals surface area contributed by atoms with Gasteiger partial charge in [-0.3, -0.25) is 0 Å². The van der Waals surface area contributed by atoms with Crippen molar-refractivity contribution in [3.63, 3.8) is 0 Å². The van der Waals surface area contributed by atoms with Crippen LogP contribution in [0, 0.1) is 6.92 Å². The van der Waals surface area contributed by atoms with Gasteiger partial charge >= 0.3 is 0 Å². The van der Waals surface area contributed by atoms with E-state index in [2.05, 4.69) is 49.8 Å². The first kappa shape index (κ1) is 13.5. The normalized spacial score (nSPS) is 11.6. The van der Waals surface area contributed by atoms with E-state index >= 15 is 0 Å². The first-order valence-corrected chi connectivity index (χ1v) is 6.54. The molecular formula is C16H21N3. The molecule has 0 saturated carbocycles. The van der Waals surface area contributed by atoms with Gasteiger partial charge in [-0.15, -0.1) is 0 Å². The summed E-state index contributed by atoms with van der Waals surface area (Å²) in [7, 11) is 0. The molecule has 3 nitrogen and oxygen atoms in total. The smallest absolute Gasteiger partial charge is 0.135 e. The Morgan fingerprint density at radius 2 is 1.79 bits per heavy atom. The summed E-state index contributed by atoms with van der Waals surface area (Å²) in [6, 6.07) is 10.2. The van der Waals surface area contributed by atoms with Crippen LogP contribution in [0.2, 0.25) is 0 Å². The third kappa shape index (κ3) is 3.31. The molecule has 0 fully saturated rings. The van der Waals surface area contributed by atoms with Gasteiger partial charge in [-0.2, -0.15) is 0 Å². The zero-order valence-corrected chi connectivity index (χ0v) is 12.1. The summed E-state index contributed by atoms with van der Waals surface area (Å²) in [6.07, 6.45) is 0.723. The number of rotatable bonds is 2. The van der Waals surface area contributed by atoms with Crippen molar-refractivity contribution >= 4 is 5.82 Å². The standard InChI is InChI=1S/C16H21N3/c1-11-7-5-6-8-12(11)9-15-18-13(16(2,3)4)10-14(17)19-15/h5-8,10H,9H2,1-4H3,(H2,17,18,19). The van der Waals surface area contributed by atoms with Crippen molar-refractivity contribution in [2.75, 3.05) is 5.73 Å². The molecule has 0 bridgehead atoms. The Bertz CT molecular complexity index is 583. The molecule has 3 heteroatoms. The molecule has 0 unspecified atom stereocenters. The van der Waals surface area contributed by atoms with Crippen molar-refractivity contribution in [1.29, 1.82) is 0 Å². The highest BCUT2D eigenvalue weighted by Gasteiger charge is 2.17. The average Bonchev–Trinajstić information content (AvgIpc) is 2.30. The fourth-order valence-electron chi connectivity index (χ4n) is 1.96. The molecule has 0 radical (unpaired) electrons. The molecule has 1 aromatic carbocycles. The van der Waals surface area contributed by atoms with Crippen LogP contribution in [0.3, 0.4) is 0 Å². The van der Waals surface area contributed by atoms with Gasteiger partial charge in [0.15, 0.2) is 0 Å². The van der Waals surface area contributed by atoms with Gasteiger partial charge in [0, 0.05) is 17.9 Å². The van der Waals surface area contributed by atoms with E-state index in [1.807, 2.05) is 18.2 Å². The fraction of sp³-hybridized carbons (Fsp3) is 0.375. The fourth-order valence-corrected chi connectivity index (χ4v) is 1.96. The second-order valence-electron chi connectivity index (χ2n) is 5.95. The maximum absolute atomic E-state index is 5.90. The Morgan fingerprint density at radius 1 is 1.11 bits per heavy atom. The third-order valence-corrected chi connectivity index (χ3v) is 3.17. The van der Waals surface area contributed by atoms with E-state index in [-0.39, 0.29) is 5.41 Å². The molecule has 2 rings (SSSR count). The number of nitrogen functional groups attached to an aromatic ring is 1. The van der Waals surface area contributed by atoms with Crippen molar-refractivity contribution in [3.8, 4) is 0 Å². The lowest BCUT2D eigenvalue weighted by molar-refractivity contribution is 0.563. The van der Waals surface area contributed by atoms with Gasteiger partial charge in [-0.05, 0) is 18.1 Å². The summed E-state index contributed by atoms with van der Waals surface area (Å²) >= 11 is 0. The summed E-state index contributed by atoms with van der Waals surface area (Å²) in [6.45, 7) is 8.50. The molecule has 0 aliphatic carbocycles. The molecule has 0 atom stereocenters. The van der Waals surface area contributed by atoms with Crippen molar-refractivity contribution in [2.45, 2.75) is 39.5 Å². The van der Waals surface area contributed by atoms with E-state index in [1.165, 1.54) is 11.1 Å². The summed E-state index contributed by atoms with van der Waals surface area (Å²) < 4.78 is 0. The summed E-state index contributed by atoms with van der Waals surface area (Å²) in [5, 5.41) is 0. The minimum Gasteiger partial charge on any atom is -0.384 e. The van der Waals surface area contributed by atoms with Crippen LogP contribution in [0.25, 0.3) is 0 Å². The molecule has 2 N–H and O–H groups in total. The SMILES string of the molecule is Cc1ccccc1Cc1nc(N)cc(C(C)(C)C)n1. The van der Waals surface area contributed by atoms with E-state index in [4.69, 9.17) is 5.73 Å². The van der Waals surface area contributed by atoms with Crippen LogP contribution in [0.5, 0.6) is 0 Å². The van der Waals surface area contributed by atoms with Crippen molar-refractivity contribution in [2.24, 2.45) is 0 Å². The van der Waals surface area contributed by atoms with Crippen LogP contribution in [-0.4, -0.2) is 9.97 Å². The van der Waals surface area contributed by atoms with E-state index in [0.717, 1.165) is 17.9 Å². The van der Waals surface area contributed by atoms with Crippen LogP contribution < -0.4 is 5.73 Å². The molecule has 0 aliphatic rings. The number of nitrogens with two attached hydrogens (primary N) is 1. The second kappa shape index (κ2) is 5.00. The lowest BCUT2D eigenvalue weighted by Gasteiger charge is -2.18. The monoisotopic (exact) mass is 255 g/mol. The van der Waals surface area contributed by atoms with E-state index < -0.39 is 0 Å². The van der Waals surface area contributed by atoms with Crippen molar-refractivity contribution in [1.82, 2.24) is 9.97 Å². The van der Waals surface area contributed by atoms with Crippen LogP contribution in [0.1, 0.15) is 43.4 Å². The van der Waals surface area contributed by atoms with Gasteiger partial charge in [-0.25, -0.2) is 9.97 Å². The minimum absolute atomic E-state index is 0.0163. The Balaban J connectivity index is 2.36. The molecule has 0 amide bonds. The largest absolute Gasteiger partial charge is 0.384 e. The van der Waals surface area contributed by atoms with Crippen LogP contribution in [-0.2, 0) is 11.8 Å². The number of hydrogen-bond acceptors (Lipinski definition) is 3. The number of aryl methyl sites for hydroxylation is 1. The maximum atomic E-state index is 5.90. The van der Waals surface area contributed by atoms with Gasteiger partial charge in [0.25, 0.3) is 0 Å². The topological polar surface area (TPSA) is 51.8 Å². The second-order valence-corrected chi connectivity index (χ2v) is 5.95. The number of nitrogens with zero attached hydrogens (tertiary/aromatic N) is 2. The molecule has 1 heterocycles. The van der Waals surface area contributed by atoms with Crippen molar-refractivity contribution in [3.05, 3.63) is 53.0 Å². The molecule has 0 spiro atoms. The first-order valence-electron chi connectivity index (χ1n) is 6.54. The highest BCUT2D eigenvalue weighted by atomic mass is 14.9. The van der Waals surface area contributed by atoms with E-state index in [0.29, 0.717) is 5.82 Å². The van der Waals surface area contributed by atoms with E-state index in [9.17, 15) is 0 Å². The van der Waals surface area contributed by atoms with Gasteiger partial charge in [0.2, 0.25) is 0 Å². The van der Waals surface area contributed by atoms with Gasteiger partial charge in [-0.1, -0.05) is 45.0 Å². The predicted octanol–water partition coefficient (Wildman–Crippen LogP) is 3.26. The maximum Gasteiger partial charge on any atom is 0.135 e. The van der Waals surface area contributed by atoms with Crippen LogP contribution in [0.4, 0.5) is 5.82 Å². The summed E-state index contributed by atoms with van der Waals surface area (Å²) in [5.74, 6) is 1.34. The molecule has 0 aliphatic heterocycles. The molecule has 2 aromatic rings. The zero-order valence-electron chi connectivity index (χ0n) is 12.1. The number of hydrogen-bond donors (Lipinski definition) is 1. The molecule has 100 valence electrons. The molecule has 0 saturated heterocycles. The van der Waals surface area contributed by atoms with Gasteiger partial charge in [0.05, 0.1) is 5.69 Å². The van der Waals surface area contributed by atoms with Crippen LogP contribution >= 0.6 is 0 Å². The zero-order chi connectivity index (χ0) is 14.0. The molecule has 1 aromatic heterocycles. The van der Waals surface area contributed by atoms with Crippen LogP contribution in [0.15, 0.2) is 30.3 Å². The van der Waals surface area contributed by atoms with E-state index in [1.54, 1.807) is 0 Å². The highest BCUT2D eigenvalue weighted by Crippen LogP contribution is 2.22. The summed E-state index contributed by atoms with van der Waals surface area (Å²) in [5.41, 5.74) is 9.37. The number of aromatic nitrogens is 2. The predicted molar refractivity (Wildman–Crippen MR) is 79.1 cm³/mol. The van der Waals surface area contributed by atoms with Gasteiger partial charge < -0.3 is 5.73 Å². The average molecular weight is 255 g/mol. The number of anilines is 1. The van der Waals surface area contributed by atoms with Crippen molar-refractivity contribution < 1.29 is 0 Å². The Kier molecular flexibility index (Phi) is 3.56. The number of benzene rings is 1. The molecular weight excluding hydrogens is 234 g/mol.